The number of fused-ring (bicyclic) bond motifs is 1. The minimum Gasteiger partial charge on any atom is -0.444 e. The highest BCUT2D eigenvalue weighted by Gasteiger charge is 2.32. The highest BCUT2D eigenvalue weighted by atomic mass is 16.6. The number of amides is 3. The summed E-state index contributed by atoms with van der Waals surface area (Å²) in [6.45, 7) is 11.6. The molecule has 0 N–H and O–H groups in total. The van der Waals surface area contributed by atoms with Gasteiger partial charge in [-0.15, -0.1) is 0 Å². The highest BCUT2D eigenvalue weighted by Crippen LogP contribution is 2.31. The van der Waals surface area contributed by atoms with Crippen LogP contribution in [0, 0.1) is 5.92 Å². The maximum Gasteiger partial charge on any atom is 0.410 e. The highest BCUT2D eigenvalue weighted by molar-refractivity contribution is 6.04. The van der Waals surface area contributed by atoms with Crippen molar-refractivity contribution in [1.29, 1.82) is 0 Å². The molecule has 1 atom stereocenters. The minimum atomic E-state index is -0.519. The van der Waals surface area contributed by atoms with Crippen LogP contribution in [-0.2, 0) is 16.0 Å². The molecule has 1 saturated heterocycles. The summed E-state index contributed by atoms with van der Waals surface area (Å²) < 4.78 is 5.46. The average Bonchev–Trinajstić information content (AvgIpc) is 3.19. The molecule has 168 valence electrons. The van der Waals surface area contributed by atoms with Gasteiger partial charge in [-0.2, -0.15) is 0 Å². The van der Waals surface area contributed by atoms with Crippen molar-refractivity contribution in [3.8, 4) is 0 Å². The van der Waals surface area contributed by atoms with E-state index in [0.29, 0.717) is 31.7 Å². The molecule has 0 aromatic heterocycles. The summed E-state index contributed by atoms with van der Waals surface area (Å²) in [6.07, 6.45) is 3.43. The van der Waals surface area contributed by atoms with E-state index in [4.69, 9.17) is 4.74 Å². The largest absolute Gasteiger partial charge is 0.444 e. The zero-order valence-corrected chi connectivity index (χ0v) is 19.0. The van der Waals surface area contributed by atoms with Gasteiger partial charge in [0.2, 0.25) is 5.91 Å². The van der Waals surface area contributed by atoms with E-state index in [0.717, 1.165) is 30.5 Å². The predicted octanol–water partition coefficient (Wildman–Crippen LogP) is 3.48. The van der Waals surface area contributed by atoms with Gasteiger partial charge in [0.1, 0.15) is 5.60 Å². The van der Waals surface area contributed by atoms with E-state index < -0.39 is 5.60 Å². The third-order valence-electron chi connectivity index (χ3n) is 5.74. The van der Waals surface area contributed by atoms with Gasteiger partial charge in [0.05, 0.1) is 0 Å². The zero-order valence-electron chi connectivity index (χ0n) is 19.0. The van der Waals surface area contributed by atoms with Crippen molar-refractivity contribution in [3.05, 3.63) is 42.0 Å². The monoisotopic (exact) mass is 427 g/mol. The van der Waals surface area contributed by atoms with Gasteiger partial charge >= 0.3 is 6.09 Å². The Labute approximate surface area is 184 Å². The Balaban J connectivity index is 1.67. The Hall–Kier alpha value is -2.83. The van der Waals surface area contributed by atoms with Crippen LogP contribution >= 0.6 is 0 Å². The molecule has 2 aliphatic rings. The van der Waals surface area contributed by atoms with Gasteiger partial charge in [0, 0.05) is 44.5 Å². The molecule has 1 aromatic carbocycles. The summed E-state index contributed by atoms with van der Waals surface area (Å²) >= 11 is 0. The quantitative estimate of drug-likeness (QED) is 0.690. The van der Waals surface area contributed by atoms with Gasteiger partial charge in [-0.05, 0) is 69.7 Å². The number of hydrogen-bond donors (Lipinski definition) is 0. The van der Waals surface area contributed by atoms with Crippen LogP contribution < -0.4 is 4.90 Å². The minimum absolute atomic E-state index is 0.0551. The summed E-state index contributed by atoms with van der Waals surface area (Å²) in [5, 5.41) is 0. The van der Waals surface area contributed by atoms with Crippen molar-refractivity contribution < 1.29 is 19.1 Å². The fourth-order valence-electron chi connectivity index (χ4n) is 4.31. The number of rotatable bonds is 4. The first-order valence-electron chi connectivity index (χ1n) is 10.9. The Kier molecular flexibility index (Phi) is 6.72. The van der Waals surface area contributed by atoms with Crippen LogP contribution in [0.2, 0.25) is 0 Å². The molecule has 2 aliphatic heterocycles. The second-order valence-electron chi connectivity index (χ2n) is 9.37. The summed E-state index contributed by atoms with van der Waals surface area (Å²) in [6, 6.07) is 5.55. The fourth-order valence-corrected chi connectivity index (χ4v) is 4.31. The van der Waals surface area contributed by atoms with Crippen molar-refractivity contribution in [2.24, 2.45) is 5.92 Å². The van der Waals surface area contributed by atoms with Gasteiger partial charge in [-0.25, -0.2) is 4.79 Å². The van der Waals surface area contributed by atoms with Crippen LogP contribution in [0.5, 0.6) is 0 Å². The number of anilines is 1. The zero-order chi connectivity index (χ0) is 22.8. The SMILES string of the molecule is C=CC(=O)N1CCCc2c(C(=O)N(C)CC3CCN(C(=O)OC(C)(C)C)C3)cccc21. The van der Waals surface area contributed by atoms with Crippen molar-refractivity contribution in [2.75, 3.05) is 38.1 Å². The third-order valence-corrected chi connectivity index (χ3v) is 5.74. The number of likely N-dealkylation sites (tertiary alicyclic amines) is 1. The Morgan fingerprint density at radius 3 is 2.68 bits per heavy atom. The van der Waals surface area contributed by atoms with Crippen molar-refractivity contribution in [2.45, 2.75) is 45.6 Å². The number of benzene rings is 1. The van der Waals surface area contributed by atoms with Crippen LogP contribution in [0.25, 0.3) is 0 Å². The van der Waals surface area contributed by atoms with E-state index in [-0.39, 0.29) is 23.8 Å². The molecule has 7 heteroatoms. The molecular weight excluding hydrogens is 394 g/mol. The lowest BCUT2D eigenvalue weighted by Gasteiger charge is -2.31. The van der Waals surface area contributed by atoms with Crippen LogP contribution in [0.15, 0.2) is 30.9 Å². The van der Waals surface area contributed by atoms with Crippen molar-refractivity contribution in [1.82, 2.24) is 9.80 Å². The number of hydrogen-bond acceptors (Lipinski definition) is 4. The first-order valence-corrected chi connectivity index (χ1v) is 10.9. The number of nitrogens with zero attached hydrogens (tertiary/aromatic N) is 3. The Bertz CT molecular complexity index is 874. The predicted molar refractivity (Wildman–Crippen MR) is 120 cm³/mol. The van der Waals surface area contributed by atoms with Crippen LogP contribution in [0.3, 0.4) is 0 Å². The second kappa shape index (κ2) is 9.12. The molecule has 0 spiro atoms. The molecule has 0 bridgehead atoms. The maximum atomic E-state index is 13.3. The second-order valence-corrected chi connectivity index (χ2v) is 9.37. The van der Waals surface area contributed by atoms with E-state index in [1.807, 2.05) is 39.0 Å². The Morgan fingerprint density at radius 1 is 1.26 bits per heavy atom. The molecule has 2 heterocycles. The lowest BCUT2D eigenvalue weighted by molar-refractivity contribution is -0.114. The Morgan fingerprint density at radius 2 is 2.00 bits per heavy atom. The number of ether oxygens (including phenoxy) is 1. The van der Waals surface area contributed by atoms with E-state index in [1.165, 1.54) is 6.08 Å². The molecule has 7 nitrogen and oxygen atoms in total. The summed E-state index contributed by atoms with van der Waals surface area (Å²) in [5.41, 5.74) is 1.84. The average molecular weight is 428 g/mol. The third kappa shape index (κ3) is 5.27. The molecule has 0 saturated carbocycles. The molecular formula is C24H33N3O4. The van der Waals surface area contributed by atoms with Crippen LogP contribution in [0.1, 0.15) is 49.5 Å². The van der Waals surface area contributed by atoms with E-state index in [2.05, 4.69) is 6.58 Å². The van der Waals surface area contributed by atoms with Crippen molar-refractivity contribution >= 4 is 23.6 Å². The summed E-state index contributed by atoms with van der Waals surface area (Å²) in [5.74, 6) is 0.00686. The van der Waals surface area contributed by atoms with E-state index in [9.17, 15) is 14.4 Å². The lowest BCUT2D eigenvalue weighted by Crippen LogP contribution is -2.38. The topological polar surface area (TPSA) is 70.2 Å². The molecule has 0 aliphatic carbocycles. The lowest BCUT2D eigenvalue weighted by atomic mass is 9.95. The van der Waals surface area contributed by atoms with Gasteiger partial charge in [-0.3, -0.25) is 9.59 Å². The summed E-state index contributed by atoms with van der Waals surface area (Å²) in [4.78, 5) is 42.9. The van der Waals surface area contributed by atoms with Gasteiger partial charge in [-0.1, -0.05) is 12.6 Å². The van der Waals surface area contributed by atoms with Crippen LogP contribution in [0.4, 0.5) is 10.5 Å². The number of carbonyl (C=O) groups excluding carboxylic acids is 3. The summed E-state index contributed by atoms with van der Waals surface area (Å²) in [7, 11) is 1.80. The smallest absolute Gasteiger partial charge is 0.410 e. The first-order chi connectivity index (χ1) is 14.6. The van der Waals surface area contributed by atoms with Crippen LogP contribution in [-0.4, -0.2) is 66.5 Å². The fraction of sp³-hybridized carbons (Fsp3) is 0.542. The molecule has 1 aromatic rings. The number of carbonyl (C=O) groups is 3. The molecule has 1 unspecified atom stereocenters. The first kappa shape index (κ1) is 22.8. The molecule has 1 fully saturated rings. The standard InChI is InChI=1S/C24H33N3O4/c1-6-21(28)27-13-8-10-18-19(9-7-11-20(18)27)22(29)25(5)15-17-12-14-26(16-17)23(30)31-24(2,3)4/h6-7,9,11,17H,1,8,10,12-16H2,2-5H3. The van der Waals surface area contributed by atoms with E-state index >= 15 is 0 Å². The molecule has 3 rings (SSSR count). The molecule has 31 heavy (non-hydrogen) atoms. The van der Waals surface area contributed by atoms with Gasteiger partial charge in [0.25, 0.3) is 5.91 Å². The maximum absolute atomic E-state index is 13.3. The van der Waals surface area contributed by atoms with Gasteiger partial charge in [0.15, 0.2) is 0 Å². The van der Waals surface area contributed by atoms with E-state index in [1.54, 1.807) is 21.7 Å². The molecule has 3 amide bonds. The normalized spacial score (nSPS) is 18.4. The van der Waals surface area contributed by atoms with Gasteiger partial charge < -0.3 is 19.4 Å². The molecule has 0 radical (unpaired) electrons. The van der Waals surface area contributed by atoms with Crippen molar-refractivity contribution in [3.63, 3.8) is 0 Å².